The zero-order chi connectivity index (χ0) is 19.0. The molecule has 2 aliphatic heterocycles. The van der Waals surface area contributed by atoms with E-state index in [4.69, 9.17) is 9.47 Å². The van der Waals surface area contributed by atoms with E-state index in [1.807, 2.05) is 18.2 Å². The van der Waals surface area contributed by atoms with Gasteiger partial charge in [-0.15, -0.1) is 0 Å². The van der Waals surface area contributed by atoms with Gasteiger partial charge in [0.05, 0.1) is 19.3 Å². The Morgan fingerprint density at radius 3 is 2.78 bits per heavy atom. The number of anilines is 2. The van der Waals surface area contributed by atoms with Crippen LogP contribution < -0.4 is 14.5 Å². The second kappa shape index (κ2) is 6.95. The van der Waals surface area contributed by atoms with E-state index in [1.165, 1.54) is 0 Å². The number of methoxy groups -OCH3 is 1. The molecule has 0 N–H and O–H groups in total. The molecule has 2 aliphatic rings. The van der Waals surface area contributed by atoms with Crippen LogP contribution in [0.15, 0.2) is 36.4 Å². The van der Waals surface area contributed by atoms with Crippen LogP contribution in [-0.4, -0.2) is 38.8 Å². The van der Waals surface area contributed by atoms with Gasteiger partial charge in [0, 0.05) is 17.8 Å². The molecule has 6 heteroatoms. The summed E-state index contributed by atoms with van der Waals surface area (Å²) < 4.78 is 10.5. The molecule has 0 saturated carbocycles. The van der Waals surface area contributed by atoms with Gasteiger partial charge in [0.2, 0.25) is 0 Å². The summed E-state index contributed by atoms with van der Waals surface area (Å²) in [5, 5.41) is 0. The summed E-state index contributed by atoms with van der Waals surface area (Å²) in [5.41, 5.74) is 4.41. The van der Waals surface area contributed by atoms with Gasteiger partial charge in [-0.05, 0) is 55.2 Å². The van der Waals surface area contributed by atoms with Crippen molar-refractivity contribution in [1.82, 2.24) is 0 Å². The predicted molar refractivity (Wildman–Crippen MR) is 103 cm³/mol. The molecule has 0 aromatic heterocycles. The number of benzene rings is 2. The topological polar surface area (TPSA) is 59.1 Å². The zero-order valence-electron chi connectivity index (χ0n) is 15.5. The Morgan fingerprint density at radius 2 is 2.04 bits per heavy atom. The molecule has 6 nitrogen and oxygen atoms in total. The van der Waals surface area contributed by atoms with E-state index in [0.717, 1.165) is 29.7 Å². The summed E-state index contributed by atoms with van der Waals surface area (Å²) in [6.45, 7) is 3.57. The molecule has 0 aliphatic carbocycles. The number of amides is 2. The third-order valence-corrected chi connectivity index (χ3v) is 5.19. The highest BCUT2D eigenvalue weighted by atomic mass is 16.6. The van der Waals surface area contributed by atoms with Gasteiger partial charge in [-0.3, -0.25) is 9.69 Å². The van der Waals surface area contributed by atoms with Crippen LogP contribution in [0.2, 0.25) is 0 Å². The monoisotopic (exact) mass is 366 g/mol. The van der Waals surface area contributed by atoms with Crippen LogP contribution >= 0.6 is 0 Å². The first-order valence-corrected chi connectivity index (χ1v) is 9.13. The Kier molecular flexibility index (Phi) is 4.48. The van der Waals surface area contributed by atoms with E-state index in [9.17, 15) is 9.59 Å². The molecule has 2 amide bonds. The molecule has 1 saturated heterocycles. The van der Waals surface area contributed by atoms with Crippen molar-refractivity contribution in [3.05, 3.63) is 53.1 Å². The van der Waals surface area contributed by atoms with Gasteiger partial charge in [-0.2, -0.15) is 0 Å². The summed E-state index contributed by atoms with van der Waals surface area (Å²) >= 11 is 0. The number of hydrogen-bond donors (Lipinski definition) is 0. The first-order valence-electron chi connectivity index (χ1n) is 9.13. The Morgan fingerprint density at radius 1 is 1.19 bits per heavy atom. The second-order valence-electron chi connectivity index (χ2n) is 6.79. The van der Waals surface area contributed by atoms with Crippen LogP contribution in [0, 0.1) is 6.92 Å². The highest BCUT2D eigenvalue weighted by Crippen LogP contribution is 2.39. The summed E-state index contributed by atoms with van der Waals surface area (Å²) in [5.74, 6) is 0.622. The van der Waals surface area contributed by atoms with E-state index in [-0.39, 0.29) is 12.0 Å². The lowest BCUT2D eigenvalue weighted by atomic mass is 9.95. The van der Waals surface area contributed by atoms with Gasteiger partial charge in [0.25, 0.3) is 5.91 Å². The molecule has 2 aromatic rings. The quantitative estimate of drug-likeness (QED) is 0.833. The first-order chi connectivity index (χ1) is 13.1. The van der Waals surface area contributed by atoms with Gasteiger partial charge in [-0.25, -0.2) is 4.79 Å². The number of rotatable bonds is 3. The van der Waals surface area contributed by atoms with Crippen LogP contribution in [0.25, 0.3) is 0 Å². The maximum Gasteiger partial charge on any atom is 0.414 e. The molecule has 2 aromatic carbocycles. The van der Waals surface area contributed by atoms with Crippen molar-refractivity contribution in [3.8, 4) is 5.75 Å². The minimum absolute atomic E-state index is 0.0886. The van der Waals surface area contributed by atoms with Crippen molar-refractivity contribution in [2.45, 2.75) is 19.8 Å². The lowest BCUT2D eigenvalue weighted by Crippen LogP contribution is -2.36. The fourth-order valence-corrected chi connectivity index (χ4v) is 3.81. The molecule has 0 bridgehead atoms. The van der Waals surface area contributed by atoms with E-state index >= 15 is 0 Å². The number of nitrogens with zero attached hydrogens (tertiary/aromatic N) is 2. The Bertz CT molecular complexity index is 909. The van der Waals surface area contributed by atoms with E-state index < -0.39 is 0 Å². The van der Waals surface area contributed by atoms with E-state index in [2.05, 4.69) is 6.92 Å². The minimum atomic E-state index is -0.375. The van der Waals surface area contributed by atoms with E-state index in [1.54, 1.807) is 35.1 Å². The fourth-order valence-electron chi connectivity index (χ4n) is 3.81. The lowest BCUT2D eigenvalue weighted by Gasteiger charge is -2.32. The highest BCUT2D eigenvalue weighted by Gasteiger charge is 2.29. The van der Waals surface area contributed by atoms with Gasteiger partial charge in [0.1, 0.15) is 12.4 Å². The van der Waals surface area contributed by atoms with E-state index in [0.29, 0.717) is 36.7 Å². The summed E-state index contributed by atoms with van der Waals surface area (Å²) in [4.78, 5) is 28.5. The molecule has 0 spiro atoms. The largest absolute Gasteiger partial charge is 0.495 e. The first kappa shape index (κ1) is 17.4. The maximum absolute atomic E-state index is 13.3. The smallest absolute Gasteiger partial charge is 0.414 e. The number of aryl methyl sites for hydroxylation is 1. The molecular formula is C21H22N2O4. The van der Waals surface area contributed by atoms with Crippen molar-refractivity contribution in [2.24, 2.45) is 0 Å². The average Bonchev–Trinajstić information content (AvgIpc) is 3.13. The van der Waals surface area contributed by atoms with Crippen molar-refractivity contribution in [1.29, 1.82) is 0 Å². The second-order valence-corrected chi connectivity index (χ2v) is 6.79. The minimum Gasteiger partial charge on any atom is -0.495 e. The Balaban J connectivity index is 1.71. The number of carbonyl (C=O) groups excluding carboxylic acids is 2. The third kappa shape index (κ3) is 3.01. The summed E-state index contributed by atoms with van der Waals surface area (Å²) in [6, 6.07) is 11.1. The molecule has 0 unspecified atom stereocenters. The van der Waals surface area contributed by atoms with Crippen LogP contribution in [0.4, 0.5) is 16.2 Å². The summed E-state index contributed by atoms with van der Waals surface area (Å²) in [7, 11) is 1.63. The van der Waals surface area contributed by atoms with Crippen LogP contribution in [0.1, 0.15) is 27.9 Å². The van der Waals surface area contributed by atoms with Gasteiger partial charge in [0.15, 0.2) is 0 Å². The zero-order valence-corrected chi connectivity index (χ0v) is 15.5. The van der Waals surface area contributed by atoms with Crippen molar-refractivity contribution in [2.75, 3.05) is 36.6 Å². The number of ether oxygens (including phenoxy) is 2. The highest BCUT2D eigenvalue weighted by molar-refractivity contribution is 6.08. The fraction of sp³-hybridized carbons (Fsp3) is 0.333. The normalized spacial score (nSPS) is 16.1. The van der Waals surface area contributed by atoms with Crippen LogP contribution in [-0.2, 0) is 11.2 Å². The average molecular weight is 366 g/mol. The number of cyclic esters (lactones) is 1. The summed E-state index contributed by atoms with van der Waals surface area (Å²) in [6.07, 6.45) is 1.47. The van der Waals surface area contributed by atoms with Crippen molar-refractivity contribution in [3.63, 3.8) is 0 Å². The van der Waals surface area contributed by atoms with Crippen LogP contribution in [0.3, 0.4) is 0 Å². The molecular weight excluding hydrogens is 344 g/mol. The van der Waals surface area contributed by atoms with Crippen molar-refractivity contribution >= 4 is 23.4 Å². The maximum atomic E-state index is 13.3. The molecule has 0 radical (unpaired) electrons. The lowest BCUT2D eigenvalue weighted by molar-refractivity contribution is 0.0984. The third-order valence-electron chi connectivity index (χ3n) is 5.19. The standard InChI is InChI=1S/C21H22N2O4/c1-14-8-9-18(26-2)19-17(14)7-4-10-23(19)20(24)15-5-3-6-16(13-15)22-11-12-27-21(22)25/h3,5-6,8-9,13H,4,7,10-12H2,1-2H3. The number of fused-ring (bicyclic) bond motifs is 1. The molecule has 0 atom stereocenters. The Labute approximate surface area is 158 Å². The molecule has 27 heavy (non-hydrogen) atoms. The van der Waals surface area contributed by atoms with Crippen LogP contribution in [0.5, 0.6) is 5.75 Å². The van der Waals surface area contributed by atoms with Gasteiger partial charge in [-0.1, -0.05) is 12.1 Å². The molecule has 1 fully saturated rings. The molecule has 4 rings (SSSR count). The number of carbonyl (C=O) groups is 2. The predicted octanol–water partition coefficient (Wildman–Crippen LogP) is 3.55. The SMILES string of the molecule is COc1ccc(C)c2c1N(C(=O)c1cccc(N3CCOC3=O)c1)CCC2. The Hall–Kier alpha value is -3.02. The number of hydrogen-bond acceptors (Lipinski definition) is 4. The van der Waals surface area contributed by atoms with Crippen molar-refractivity contribution < 1.29 is 19.1 Å². The van der Waals surface area contributed by atoms with Gasteiger partial charge >= 0.3 is 6.09 Å². The molecule has 2 heterocycles. The molecule has 140 valence electrons. The van der Waals surface area contributed by atoms with Gasteiger partial charge < -0.3 is 14.4 Å².